The van der Waals surface area contributed by atoms with Crippen molar-refractivity contribution in [2.75, 3.05) is 0 Å². The van der Waals surface area contributed by atoms with Crippen molar-refractivity contribution in [2.24, 2.45) is 4.99 Å². The lowest BCUT2D eigenvalue weighted by Gasteiger charge is -1.97. The predicted octanol–water partition coefficient (Wildman–Crippen LogP) is 2.28. The van der Waals surface area contributed by atoms with Gasteiger partial charge < -0.3 is 0 Å². The summed E-state index contributed by atoms with van der Waals surface area (Å²) in [6.07, 6.45) is 2.28. The largest absolute Gasteiger partial charge is 0.229 e. The molecule has 0 aromatic heterocycles. The fourth-order valence-corrected chi connectivity index (χ4v) is 0.752. The molecule has 0 rings (SSSR count). The van der Waals surface area contributed by atoms with Crippen LogP contribution in [-0.4, -0.2) is 11.2 Å². The summed E-state index contributed by atoms with van der Waals surface area (Å²) >= 11 is 4.43. The van der Waals surface area contributed by atoms with Crippen LogP contribution in [-0.2, 0) is 0 Å². The fourth-order valence-electron chi connectivity index (χ4n) is 0.572. The molecule has 0 aromatic rings. The zero-order valence-corrected chi connectivity index (χ0v) is 6.16. The number of hydrogen-bond acceptors (Lipinski definition) is 2. The van der Waals surface area contributed by atoms with Crippen LogP contribution in [0, 0.1) is 0 Å². The molecule has 0 spiro atoms. The highest BCUT2D eigenvalue weighted by Gasteiger charge is 1.91. The van der Waals surface area contributed by atoms with E-state index in [0.29, 0.717) is 6.04 Å². The van der Waals surface area contributed by atoms with Gasteiger partial charge in [0.05, 0.1) is 11.2 Å². The molecule has 0 saturated carbocycles. The number of nitrogens with zero attached hydrogens (tertiary/aromatic N) is 1. The van der Waals surface area contributed by atoms with E-state index >= 15 is 0 Å². The van der Waals surface area contributed by atoms with Crippen LogP contribution in [0.4, 0.5) is 0 Å². The minimum atomic E-state index is 0.373. The van der Waals surface area contributed by atoms with Gasteiger partial charge in [0.1, 0.15) is 0 Å². The third-order valence-corrected chi connectivity index (χ3v) is 1.08. The van der Waals surface area contributed by atoms with Crippen molar-refractivity contribution in [3.05, 3.63) is 0 Å². The zero-order chi connectivity index (χ0) is 6.41. The van der Waals surface area contributed by atoms with Gasteiger partial charge in [0.2, 0.25) is 0 Å². The van der Waals surface area contributed by atoms with E-state index in [4.69, 9.17) is 0 Å². The topological polar surface area (TPSA) is 12.4 Å². The summed E-state index contributed by atoms with van der Waals surface area (Å²) in [5.74, 6) is 0. The van der Waals surface area contributed by atoms with E-state index in [1.807, 2.05) is 6.92 Å². The van der Waals surface area contributed by atoms with Crippen molar-refractivity contribution >= 4 is 17.4 Å². The first kappa shape index (κ1) is 7.80. The molecule has 0 N–H and O–H groups in total. The Balaban J connectivity index is 3.31. The van der Waals surface area contributed by atoms with Gasteiger partial charge >= 0.3 is 0 Å². The third-order valence-electron chi connectivity index (χ3n) is 0.980. The molecule has 0 aliphatic carbocycles. The molecule has 0 fully saturated rings. The van der Waals surface area contributed by atoms with E-state index in [-0.39, 0.29) is 0 Å². The second-order valence-electron chi connectivity index (χ2n) is 1.86. The van der Waals surface area contributed by atoms with Crippen molar-refractivity contribution < 1.29 is 0 Å². The number of isothiocyanates is 1. The van der Waals surface area contributed by atoms with Gasteiger partial charge in [0, 0.05) is 0 Å². The lowest BCUT2D eigenvalue weighted by molar-refractivity contribution is 0.658. The molecule has 0 amide bonds. The average molecular weight is 129 g/mol. The van der Waals surface area contributed by atoms with Gasteiger partial charge in [-0.3, -0.25) is 0 Å². The van der Waals surface area contributed by atoms with Gasteiger partial charge in [0.25, 0.3) is 0 Å². The summed E-state index contributed by atoms with van der Waals surface area (Å²) in [6.45, 7) is 4.18. The summed E-state index contributed by atoms with van der Waals surface area (Å²) in [5, 5.41) is 2.36. The molecule has 1 nitrogen and oxygen atoms in total. The highest BCUT2D eigenvalue weighted by atomic mass is 32.1. The van der Waals surface area contributed by atoms with E-state index in [2.05, 4.69) is 29.3 Å². The minimum Gasteiger partial charge on any atom is -0.229 e. The van der Waals surface area contributed by atoms with Crippen molar-refractivity contribution in [2.45, 2.75) is 32.7 Å². The first-order chi connectivity index (χ1) is 3.81. The molecule has 1 unspecified atom stereocenters. The van der Waals surface area contributed by atoms with Crippen LogP contribution in [0.25, 0.3) is 0 Å². The highest BCUT2D eigenvalue weighted by molar-refractivity contribution is 7.78. The monoisotopic (exact) mass is 129 g/mol. The number of thiocarbonyl (C=S) groups is 1. The molecule has 0 saturated heterocycles. The van der Waals surface area contributed by atoms with Gasteiger partial charge in [-0.05, 0) is 25.6 Å². The second-order valence-corrected chi connectivity index (χ2v) is 2.04. The number of rotatable bonds is 3. The maximum atomic E-state index is 4.43. The van der Waals surface area contributed by atoms with Crippen LogP contribution in [0.5, 0.6) is 0 Å². The maximum Gasteiger partial charge on any atom is 0.0587 e. The maximum absolute atomic E-state index is 4.43. The lowest BCUT2D eigenvalue weighted by Crippen LogP contribution is -1.93. The average Bonchev–Trinajstić information content (AvgIpc) is 1.68. The summed E-state index contributed by atoms with van der Waals surface area (Å²) < 4.78 is 0. The molecule has 0 aliphatic rings. The van der Waals surface area contributed by atoms with E-state index in [0.717, 1.165) is 6.42 Å². The Morgan fingerprint density at radius 2 is 2.38 bits per heavy atom. The van der Waals surface area contributed by atoms with Crippen LogP contribution in [0.3, 0.4) is 0 Å². The molecule has 0 bridgehead atoms. The molecular weight excluding hydrogens is 118 g/mol. The Kier molecular flexibility index (Phi) is 4.82. The van der Waals surface area contributed by atoms with E-state index < -0.39 is 0 Å². The molecule has 1 atom stereocenters. The minimum absolute atomic E-state index is 0.373. The molecule has 8 heavy (non-hydrogen) atoms. The highest BCUT2D eigenvalue weighted by Crippen LogP contribution is 1.97. The second kappa shape index (κ2) is 4.95. The molecule has 2 heteroatoms. The van der Waals surface area contributed by atoms with Crippen molar-refractivity contribution in [3.8, 4) is 0 Å². The van der Waals surface area contributed by atoms with Crippen LogP contribution in [0.15, 0.2) is 4.99 Å². The van der Waals surface area contributed by atoms with Crippen molar-refractivity contribution in [3.63, 3.8) is 0 Å². The Labute approximate surface area is 55.8 Å². The SMILES string of the molecule is CCCC(C)N=C=S. The third kappa shape index (κ3) is 3.97. The summed E-state index contributed by atoms with van der Waals surface area (Å²) in [4.78, 5) is 3.88. The predicted molar refractivity (Wildman–Crippen MR) is 39.4 cm³/mol. The van der Waals surface area contributed by atoms with Gasteiger partial charge in [-0.2, -0.15) is 0 Å². The van der Waals surface area contributed by atoms with Gasteiger partial charge in [0.15, 0.2) is 0 Å². The van der Waals surface area contributed by atoms with E-state index in [9.17, 15) is 0 Å². The Morgan fingerprint density at radius 1 is 1.75 bits per heavy atom. The normalized spacial score (nSPS) is 12.2. The quantitative estimate of drug-likeness (QED) is 0.420. The Morgan fingerprint density at radius 3 is 2.75 bits per heavy atom. The first-order valence-electron chi connectivity index (χ1n) is 2.88. The van der Waals surface area contributed by atoms with E-state index in [1.54, 1.807) is 0 Å². The molecule has 0 radical (unpaired) electrons. The van der Waals surface area contributed by atoms with Crippen LogP contribution >= 0.6 is 12.2 Å². The van der Waals surface area contributed by atoms with Crippen molar-refractivity contribution in [1.82, 2.24) is 0 Å². The smallest absolute Gasteiger partial charge is 0.0587 e. The molecule has 0 aromatic carbocycles. The Hall–Kier alpha value is -0.200. The Bertz CT molecular complexity index is 94.7. The van der Waals surface area contributed by atoms with Gasteiger partial charge in [-0.1, -0.05) is 13.3 Å². The summed E-state index contributed by atoms with van der Waals surface area (Å²) in [5.41, 5.74) is 0. The zero-order valence-electron chi connectivity index (χ0n) is 5.35. The van der Waals surface area contributed by atoms with Gasteiger partial charge in [-0.25, -0.2) is 4.99 Å². The van der Waals surface area contributed by atoms with Crippen LogP contribution in [0.2, 0.25) is 0 Å². The molecule has 0 heterocycles. The molecule has 0 aliphatic heterocycles. The number of hydrogen-bond donors (Lipinski definition) is 0. The van der Waals surface area contributed by atoms with Crippen LogP contribution in [0.1, 0.15) is 26.7 Å². The van der Waals surface area contributed by atoms with Crippen molar-refractivity contribution in [1.29, 1.82) is 0 Å². The lowest BCUT2D eigenvalue weighted by atomic mass is 10.2. The van der Waals surface area contributed by atoms with Gasteiger partial charge in [-0.15, -0.1) is 0 Å². The fraction of sp³-hybridized carbons (Fsp3) is 0.833. The first-order valence-corrected chi connectivity index (χ1v) is 3.29. The number of aliphatic imine (C=N–C) groups is 1. The molecular formula is C6H11NS. The standard InChI is InChI=1S/C6H11NS/c1-3-4-6(2)7-5-8/h6H,3-4H2,1-2H3. The van der Waals surface area contributed by atoms with E-state index in [1.165, 1.54) is 6.42 Å². The summed E-state index contributed by atoms with van der Waals surface area (Å²) in [7, 11) is 0. The van der Waals surface area contributed by atoms with Crippen LogP contribution < -0.4 is 0 Å². The molecule has 46 valence electrons. The summed E-state index contributed by atoms with van der Waals surface area (Å²) in [6, 6.07) is 0.373.